The van der Waals surface area contributed by atoms with Gasteiger partial charge < -0.3 is 11.1 Å². The molecule has 2 rings (SSSR count). The molecule has 0 aliphatic carbocycles. The molecule has 1 aliphatic rings. The van der Waals surface area contributed by atoms with Gasteiger partial charge in [-0.3, -0.25) is 14.5 Å². The minimum Gasteiger partial charge on any atom is -0.327 e. The van der Waals surface area contributed by atoms with Gasteiger partial charge in [0.2, 0.25) is 5.91 Å². The van der Waals surface area contributed by atoms with Crippen LogP contribution in [0.25, 0.3) is 0 Å². The largest absolute Gasteiger partial charge is 0.327 e. The molecule has 3 N–H and O–H groups in total. The minimum absolute atomic E-state index is 0. The number of carbonyl (C=O) groups excluding carboxylic acids is 2. The van der Waals surface area contributed by atoms with E-state index in [9.17, 15) is 9.59 Å². The Morgan fingerprint density at radius 1 is 1.41 bits per heavy atom. The third-order valence-electron chi connectivity index (χ3n) is 3.98. The van der Waals surface area contributed by atoms with Crippen molar-refractivity contribution in [2.45, 2.75) is 26.3 Å². The smallest absolute Gasteiger partial charge is 0.238 e. The number of nitrogens with two attached hydrogens (primary N) is 1. The van der Waals surface area contributed by atoms with Crippen molar-refractivity contribution >= 4 is 29.8 Å². The predicted octanol–water partition coefficient (Wildman–Crippen LogP) is 1.92. The first-order valence-electron chi connectivity index (χ1n) is 7.34. The lowest BCUT2D eigenvalue weighted by Gasteiger charge is -2.34. The van der Waals surface area contributed by atoms with E-state index in [2.05, 4.69) is 17.1 Å². The number of ketones is 1. The van der Waals surface area contributed by atoms with E-state index < -0.39 is 0 Å². The van der Waals surface area contributed by atoms with E-state index >= 15 is 0 Å². The van der Waals surface area contributed by atoms with E-state index in [1.54, 1.807) is 24.3 Å². The first-order chi connectivity index (χ1) is 9.95. The monoisotopic (exact) mass is 325 g/mol. The second kappa shape index (κ2) is 8.27. The summed E-state index contributed by atoms with van der Waals surface area (Å²) in [4.78, 5) is 25.5. The number of Topliss-reactive ketones (excluding diaryl/α,β-unsaturated/α-hetero) is 1. The first kappa shape index (κ1) is 18.6. The average molecular weight is 326 g/mol. The Hall–Kier alpha value is -1.43. The third kappa shape index (κ3) is 5.09. The van der Waals surface area contributed by atoms with Crippen molar-refractivity contribution in [3.63, 3.8) is 0 Å². The van der Waals surface area contributed by atoms with Gasteiger partial charge in [0.15, 0.2) is 5.78 Å². The highest BCUT2D eigenvalue weighted by atomic mass is 35.5. The van der Waals surface area contributed by atoms with Crippen molar-refractivity contribution < 1.29 is 9.59 Å². The van der Waals surface area contributed by atoms with E-state index in [1.165, 1.54) is 6.92 Å². The Kier molecular flexibility index (Phi) is 7.00. The Labute approximate surface area is 137 Å². The summed E-state index contributed by atoms with van der Waals surface area (Å²) in [5.74, 6) is 0.343. The molecular formula is C16H24ClN3O2. The molecular weight excluding hydrogens is 302 g/mol. The van der Waals surface area contributed by atoms with E-state index in [4.69, 9.17) is 5.73 Å². The zero-order chi connectivity index (χ0) is 15.4. The van der Waals surface area contributed by atoms with Crippen LogP contribution in [0, 0.1) is 5.92 Å². The Morgan fingerprint density at radius 3 is 2.77 bits per heavy atom. The maximum Gasteiger partial charge on any atom is 0.238 e. The molecule has 0 bridgehead atoms. The van der Waals surface area contributed by atoms with Crippen LogP contribution in [-0.4, -0.2) is 42.3 Å². The number of amides is 1. The highest BCUT2D eigenvalue weighted by Crippen LogP contribution is 2.15. The zero-order valence-electron chi connectivity index (χ0n) is 13.0. The number of carbonyl (C=O) groups is 2. The molecule has 5 nitrogen and oxygen atoms in total. The number of nitrogens with one attached hydrogen (secondary N) is 1. The summed E-state index contributed by atoms with van der Waals surface area (Å²) in [5, 5.41) is 2.85. The first-order valence-corrected chi connectivity index (χ1v) is 7.34. The van der Waals surface area contributed by atoms with E-state index in [1.807, 2.05) is 0 Å². The number of benzene rings is 1. The molecule has 1 aliphatic heterocycles. The topological polar surface area (TPSA) is 75.4 Å². The second-order valence-electron chi connectivity index (χ2n) is 5.85. The highest BCUT2D eigenvalue weighted by molar-refractivity contribution is 5.97. The van der Waals surface area contributed by atoms with Crippen LogP contribution in [0.4, 0.5) is 5.69 Å². The summed E-state index contributed by atoms with van der Waals surface area (Å²) in [6.07, 6.45) is 0.925. The average Bonchev–Trinajstić information content (AvgIpc) is 2.43. The number of rotatable bonds is 4. The lowest BCUT2D eigenvalue weighted by molar-refractivity contribution is -0.117. The van der Waals surface area contributed by atoms with Crippen molar-refractivity contribution in [1.29, 1.82) is 0 Å². The van der Waals surface area contributed by atoms with Gasteiger partial charge in [-0.2, -0.15) is 0 Å². The fraction of sp³-hybridized carbons (Fsp3) is 0.500. The number of piperidine rings is 1. The molecule has 2 unspecified atom stereocenters. The molecule has 122 valence electrons. The van der Waals surface area contributed by atoms with Crippen molar-refractivity contribution in [3.05, 3.63) is 29.8 Å². The van der Waals surface area contributed by atoms with Gasteiger partial charge in [-0.1, -0.05) is 19.1 Å². The lowest BCUT2D eigenvalue weighted by Crippen LogP contribution is -2.48. The number of halogens is 1. The van der Waals surface area contributed by atoms with Crippen molar-refractivity contribution in [1.82, 2.24) is 4.90 Å². The molecule has 1 aromatic carbocycles. The molecule has 1 aromatic rings. The van der Waals surface area contributed by atoms with Crippen LogP contribution in [0.2, 0.25) is 0 Å². The van der Waals surface area contributed by atoms with E-state index in [0.29, 0.717) is 23.7 Å². The van der Waals surface area contributed by atoms with Crippen LogP contribution in [0.15, 0.2) is 24.3 Å². The van der Waals surface area contributed by atoms with Gasteiger partial charge in [0.25, 0.3) is 0 Å². The fourth-order valence-corrected chi connectivity index (χ4v) is 2.61. The van der Waals surface area contributed by atoms with Crippen LogP contribution in [0.3, 0.4) is 0 Å². The zero-order valence-corrected chi connectivity index (χ0v) is 13.9. The number of hydrogen-bond donors (Lipinski definition) is 2. The summed E-state index contributed by atoms with van der Waals surface area (Å²) in [6.45, 7) is 5.69. The lowest BCUT2D eigenvalue weighted by atomic mass is 9.95. The summed E-state index contributed by atoms with van der Waals surface area (Å²) < 4.78 is 0. The van der Waals surface area contributed by atoms with Crippen LogP contribution >= 0.6 is 12.4 Å². The summed E-state index contributed by atoms with van der Waals surface area (Å²) >= 11 is 0. The number of hydrogen-bond acceptors (Lipinski definition) is 4. The van der Waals surface area contributed by atoms with Gasteiger partial charge in [-0.25, -0.2) is 0 Å². The normalized spacial score (nSPS) is 21.8. The molecule has 1 heterocycles. The van der Waals surface area contributed by atoms with Crippen LogP contribution in [0.1, 0.15) is 30.6 Å². The van der Waals surface area contributed by atoms with Crippen molar-refractivity contribution in [2.75, 3.05) is 25.0 Å². The van der Waals surface area contributed by atoms with Crippen LogP contribution < -0.4 is 11.1 Å². The molecule has 0 aromatic heterocycles. The SMILES string of the molecule is CC(=O)c1cccc(NC(=O)CN2CCC(N)C(C)C2)c1.Cl. The summed E-state index contributed by atoms with van der Waals surface area (Å²) in [7, 11) is 0. The summed E-state index contributed by atoms with van der Waals surface area (Å²) in [5.41, 5.74) is 7.24. The Morgan fingerprint density at radius 2 is 2.14 bits per heavy atom. The fourth-order valence-electron chi connectivity index (χ4n) is 2.61. The second-order valence-corrected chi connectivity index (χ2v) is 5.85. The number of anilines is 1. The molecule has 6 heteroatoms. The van der Waals surface area contributed by atoms with Gasteiger partial charge in [-0.15, -0.1) is 12.4 Å². The standard InChI is InChI=1S/C16H23N3O2.ClH/c1-11-9-19(7-6-15(11)17)10-16(21)18-14-5-3-4-13(8-14)12(2)20;/h3-5,8,11,15H,6-7,9-10,17H2,1-2H3,(H,18,21);1H. The molecule has 2 atom stereocenters. The number of nitrogens with zero attached hydrogens (tertiary/aromatic N) is 1. The van der Waals surface area contributed by atoms with Crippen molar-refractivity contribution in [3.8, 4) is 0 Å². The van der Waals surface area contributed by atoms with Gasteiger partial charge in [0, 0.05) is 30.4 Å². The maximum atomic E-state index is 12.1. The van der Waals surface area contributed by atoms with Crippen LogP contribution in [-0.2, 0) is 4.79 Å². The summed E-state index contributed by atoms with van der Waals surface area (Å²) in [6, 6.07) is 7.24. The van der Waals surface area contributed by atoms with Crippen LogP contribution in [0.5, 0.6) is 0 Å². The molecule has 0 saturated carbocycles. The maximum absolute atomic E-state index is 12.1. The molecule has 0 spiro atoms. The molecule has 0 radical (unpaired) electrons. The minimum atomic E-state index is -0.0571. The molecule has 22 heavy (non-hydrogen) atoms. The third-order valence-corrected chi connectivity index (χ3v) is 3.98. The number of likely N-dealkylation sites (tertiary alicyclic amines) is 1. The van der Waals surface area contributed by atoms with Gasteiger partial charge in [0.05, 0.1) is 6.54 Å². The quantitative estimate of drug-likeness (QED) is 0.829. The Balaban J connectivity index is 0.00000242. The molecule has 1 amide bonds. The van der Waals surface area contributed by atoms with Gasteiger partial charge in [-0.05, 0) is 31.4 Å². The molecule has 1 fully saturated rings. The van der Waals surface area contributed by atoms with Crippen molar-refractivity contribution in [2.24, 2.45) is 11.7 Å². The Bertz CT molecular complexity index is 536. The highest BCUT2D eigenvalue weighted by Gasteiger charge is 2.24. The molecule has 1 saturated heterocycles. The van der Waals surface area contributed by atoms with Gasteiger partial charge >= 0.3 is 0 Å². The predicted molar refractivity (Wildman–Crippen MR) is 90.5 cm³/mol. The van der Waals surface area contributed by atoms with E-state index in [-0.39, 0.29) is 30.1 Å². The van der Waals surface area contributed by atoms with E-state index in [0.717, 1.165) is 19.5 Å². The van der Waals surface area contributed by atoms with Gasteiger partial charge in [0.1, 0.15) is 0 Å².